The number of rotatable bonds is 5. The minimum Gasteiger partial charge on any atom is -0.411 e. The molecule has 0 radical (unpaired) electrons. The van der Waals surface area contributed by atoms with Crippen molar-refractivity contribution in [2.24, 2.45) is 5.16 Å². The van der Waals surface area contributed by atoms with E-state index in [4.69, 9.17) is 5.21 Å². The van der Waals surface area contributed by atoms with Gasteiger partial charge >= 0.3 is 0 Å². The van der Waals surface area contributed by atoms with E-state index in [-0.39, 0.29) is 0 Å². The van der Waals surface area contributed by atoms with E-state index in [2.05, 4.69) is 5.16 Å². The van der Waals surface area contributed by atoms with Crippen LogP contribution in [0.3, 0.4) is 0 Å². The lowest BCUT2D eigenvalue weighted by atomic mass is 10.1. The highest BCUT2D eigenvalue weighted by Crippen LogP contribution is 2.03. The Labute approximate surface area is 67.7 Å². The van der Waals surface area contributed by atoms with Crippen LogP contribution in [0.4, 0.5) is 0 Å². The number of hydrogen-bond acceptors (Lipinski definition) is 3. The Bertz CT molecular complexity index is 123. The predicted molar refractivity (Wildman–Crippen MR) is 45.0 cm³/mol. The van der Waals surface area contributed by atoms with Crippen molar-refractivity contribution < 1.29 is 10.3 Å². The average Bonchev–Trinajstić information content (AvgIpc) is 2.00. The second kappa shape index (κ2) is 6.16. The smallest absolute Gasteiger partial charge is 0.0954 e. The van der Waals surface area contributed by atoms with Gasteiger partial charge in [0, 0.05) is 0 Å². The number of nitrogens with zero attached hydrogens (tertiary/aromatic N) is 1. The van der Waals surface area contributed by atoms with Crippen molar-refractivity contribution in [3.63, 3.8) is 0 Å². The second-order valence-corrected chi connectivity index (χ2v) is 2.65. The molecule has 11 heavy (non-hydrogen) atoms. The molecule has 1 atom stereocenters. The molecule has 0 aliphatic carbocycles. The van der Waals surface area contributed by atoms with E-state index in [0.717, 1.165) is 12.8 Å². The van der Waals surface area contributed by atoms with Crippen LogP contribution in [0.15, 0.2) is 5.16 Å². The quantitative estimate of drug-likeness (QED) is 0.365. The van der Waals surface area contributed by atoms with Gasteiger partial charge < -0.3 is 10.3 Å². The van der Waals surface area contributed by atoms with Crippen molar-refractivity contribution in [1.29, 1.82) is 0 Å². The minimum atomic E-state index is -0.551. The van der Waals surface area contributed by atoms with Crippen LogP contribution in [-0.2, 0) is 0 Å². The molecule has 0 rings (SSSR count). The predicted octanol–water partition coefficient (Wildman–Crippen LogP) is 1.78. The van der Waals surface area contributed by atoms with Crippen molar-refractivity contribution >= 4 is 5.71 Å². The number of hydrogen-bond donors (Lipinski definition) is 2. The molecular formula is C8H17NO2. The first kappa shape index (κ1) is 10.4. The zero-order valence-corrected chi connectivity index (χ0v) is 7.25. The molecule has 0 aliphatic heterocycles. The van der Waals surface area contributed by atoms with Crippen molar-refractivity contribution in [3.05, 3.63) is 0 Å². The first-order valence-electron chi connectivity index (χ1n) is 4.15. The lowest BCUT2D eigenvalue weighted by Crippen LogP contribution is -2.19. The monoisotopic (exact) mass is 159 g/mol. The fourth-order valence-corrected chi connectivity index (χ4v) is 0.979. The molecule has 1 unspecified atom stereocenters. The van der Waals surface area contributed by atoms with Gasteiger partial charge in [-0.1, -0.05) is 31.8 Å². The SMILES string of the molecule is CCC/C(=N/O)C(O)CCC. The maximum absolute atomic E-state index is 9.35. The van der Waals surface area contributed by atoms with Crippen LogP contribution >= 0.6 is 0 Å². The number of aliphatic hydroxyl groups excluding tert-OH is 1. The molecule has 0 aromatic carbocycles. The molecule has 0 heterocycles. The summed E-state index contributed by atoms with van der Waals surface area (Å²) in [4.78, 5) is 0. The molecule has 0 amide bonds. The highest BCUT2D eigenvalue weighted by Gasteiger charge is 2.10. The van der Waals surface area contributed by atoms with Gasteiger partial charge in [-0.3, -0.25) is 0 Å². The Balaban J connectivity index is 3.82. The van der Waals surface area contributed by atoms with Crippen LogP contribution in [0.5, 0.6) is 0 Å². The number of oxime groups is 1. The van der Waals surface area contributed by atoms with Gasteiger partial charge in [-0.15, -0.1) is 0 Å². The van der Waals surface area contributed by atoms with Crippen LogP contribution in [0.2, 0.25) is 0 Å². The Hall–Kier alpha value is -0.570. The largest absolute Gasteiger partial charge is 0.411 e. The highest BCUT2D eigenvalue weighted by atomic mass is 16.4. The van der Waals surface area contributed by atoms with E-state index in [1.54, 1.807) is 0 Å². The van der Waals surface area contributed by atoms with Crippen molar-refractivity contribution in [3.8, 4) is 0 Å². The van der Waals surface area contributed by atoms with Crippen molar-refractivity contribution in [1.82, 2.24) is 0 Å². The molecule has 0 fully saturated rings. The van der Waals surface area contributed by atoms with Crippen molar-refractivity contribution in [2.45, 2.75) is 45.6 Å². The Morgan fingerprint density at radius 3 is 2.36 bits per heavy atom. The highest BCUT2D eigenvalue weighted by molar-refractivity contribution is 5.87. The summed E-state index contributed by atoms with van der Waals surface area (Å²) in [6.07, 6.45) is 2.62. The molecule has 0 saturated carbocycles. The van der Waals surface area contributed by atoms with E-state index >= 15 is 0 Å². The molecular weight excluding hydrogens is 142 g/mol. The molecule has 0 bridgehead atoms. The van der Waals surface area contributed by atoms with Crippen LogP contribution < -0.4 is 0 Å². The number of aliphatic hydroxyl groups is 1. The van der Waals surface area contributed by atoms with E-state index in [1.807, 2.05) is 13.8 Å². The van der Waals surface area contributed by atoms with Gasteiger partial charge in [-0.25, -0.2) is 0 Å². The summed E-state index contributed by atoms with van der Waals surface area (Å²) in [5.74, 6) is 0. The molecule has 66 valence electrons. The Morgan fingerprint density at radius 2 is 2.00 bits per heavy atom. The van der Waals surface area contributed by atoms with E-state index in [0.29, 0.717) is 18.6 Å². The molecule has 0 spiro atoms. The van der Waals surface area contributed by atoms with Crippen LogP contribution in [0, 0.1) is 0 Å². The van der Waals surface area contributed by atoms with Crippen molar-refractivity contribution in [2.75, 3.05) is 0 Å². The fourth-order valence-electron chi connectivity index (χ4n) is 0.979. The molecule has 0 aromatic heterocycles. The fraction of sp³-hybridized carbons (Fsp3) is 0.875. The standard InChI is InChI=1S/C8H17NO2/c1-3-5-7(9-11)8(10)6-4-2/h8,10-11H,3-6H2,1-2H3/b9-7-. The van der Waals surface area contributed by atoms with Crippen LogP contribution in [0.1, 0.15) is 39.5 Å². The summed E-state index contributed by atoms with van der Waals surface area (Å²) >= 11 is 0. The van der Waals surface area contributed by atoms with Gasteiger partial charge in [0.1, 0.15) is 0 Å². The third-order valence-corrected chi connectivity index (χ3v) is 1.58. The Kier molecular flexibility index (Phi) is 5.84. The van der Waals surface area contributed by atoms with Gasteiger partial charge in [0.05, 0.1) is 11.8 Å². The van der Waals surface area contributed by atoms with Gasteiger partial charge in [-0.05, 0) is 12.8 Å². The van der Waals surface area contributed by atoms with E-state index in [1.165, 1.54) is 0 Å². The van der Waals surface area contributed by atoms with Gasteiger partial charge in [0.15, 0.2) is 0 Å². The summed E-state index contributed by atoms with van der Waals surface area (Å²) < 4.78 is 0. The maximum Gasteiger partial charge on any atom is 0.0954 e. The summed E-state index contributed by atoms with van der Waals surface area (Å²) in [7, 11) is 0. The average molecular weight is 159 g/mol. The zero-order valence-electron chi connectivity index (χ0n) is 7.25. The third kappa shape index (κ3) is 3.98. The second-order valence-electron chi connectivity index (χ2n) is 2.65. The molecule has 0 aliphatic rings. The molecule has 2 N–H and O–H groups in total. The normalized spacial score (nSPS) is 15.0. The topological polar surface area (TPSA) is 52.8 Å². The zero-order chi connectivity index (χ0) is 8.69. The lowest BCUT2D eigenvalue weighted by Gasteiger charge is -2.09. The minimum absolute atomic E-state index is 0.509. The third-order valence-electron chi connectivity index (χ3n) is 1.58. The molecule has 0 saturated heterocycles. The molecule has 0 aromatic rings. The molecule has 3 nitrogen and oxygen atoms in total. The first-order chi connectivity index (χ1) is 5.26. The molecule has 3 heteroatoms. The Morgan fingerprint density at radius 1 is 1.36 bits per heavy atom. The van der Waals surface area contributed by atoms with E-state index in [9.17, 15) is 5.11 Å². The van der Waals surface area contributed by atoms with Gasteiger partial charge in [0.2, 0.25) is 0 Å². The van der Waals surface area contributed by atoms with Gasteiger partial charge in [-0.2, -0.15) is 0 Å². The summed E-state index contributed by atoms with van der Waals surface area (Å²) in [6, 6.07) is 0. The first-order valence-corrected chi connectivity index (χ1v) is 4.15. The summed E-state index contributed by atoms with van der Waals surface area (Å²) in [5.41, 5.74) is 0.509. The van der Waals surface area contributed by atoms with Gasteiger partial charge in [0.25, 0.3) is 0 Å². The maximum atomic E-state index is 9.35. The summed E-state index contributed by atoms with van der Waals surface area (Å²) in [6.45, 7) is 3.98. The van der Waals surface area contributed by atoms with Crippen LogP contribution in [-0.4, -0.2) is 22.1 Å². The lowest BCUT2D eigenvalue weighted by molar-refractivity contribution is 0.216. The van der Waals surface area contributed by atoms with Crippen LogP contribution in [0.25, 0.3) is 0 Å². The summed E-state index contributed by atoms with van der Waals surface area (Å²) in [5, 5.41) is 20.9. The van der Waals surface area contributed by atoms with E-state index < -0.39 is 6.10 Å².